The Morgan fingerprint density at radius 3 is 2.30 bits per heavy atom. The minimum Gasteiger partial charge on any atom is -0.493 e. The van der Waals surface area contributed by atoms with E-state index in [2.05, 4.69) is 25.9 Å². The molecule has 1 aromatic heterocycles. The maximum absolute atomic E-state index is 6.00. The summed E-state index contributed by atoms with van der Waals surface area (Å²) in [7, 11) is 4.64. The Morgan fingerprint density at radius 2 is 1.75 bits per heavy atom. The van der Waals surface area contributed by atoms with Crippen molar-refractivity contribution in [2.75, 3.05) is 21.3 Å². The average Bonchev–Trinajstić information content (AvgIpc) is 2.48. The number of aromatic nitrogens is 2. The van der Waals surface area contributed by atoms with Crippen LogP contribution < -0.4 is 14.2 Å². The second-order valence-electron chi connectivity index (χ2n) is 3.71. The SMILES string of the molecule is COc1ccc(-c2ncc(Br)c(Cl)n2)c(OC)c1OC. The number of ether oxygens (including phenoxy) is 3. The lowest BCUT2D eigenvalue weighted by atomic mass is 10.1. The van der Waals surface area contributed by atoms with Crippen LogP contribution >= 0.6 is 27.5 Å². The number of hydrogen-bond acceptors (Lipinski definition) is 5. The first kappa shape index (κ1) is 14.9. The van der Waals surface area contributed by atoms with Crippen LogP contribution in [0.2, 0.25) is 5.15 Å². The Morgan fingerprint density at radius 1 is 1.05 bits per heavy atom. The fourth-order valence-electron chi connectivity index (χ4n) is 1.75. The van der Waals surface area contributed by atoms with E-state index in [0.717, 1.165) is 0 Å². The summed E-state index contributed by atoms with van der Waals surface area (Å²) in [6, 6.07) is 3.55. The van der Waals surface area contributed by atoms with Gasteiger partial charge in [0.05, 0.1) is 31.4 Å². The summed E-state index contributed by atoms with van der Waals surface area (Å²) < 4.78 is 16.6. The van der Waals surface area contributed by atoms with Crippen molar-refractivity contribution in [3.63, 3.8) is 0 Å². The maximum Gasteiger partial charge on any atom is 0.204 e. The van der Waals surface area contributed by atoms with Crippen molar-refractivity contribution in [1.82, 2.24) is 9.97 Å². The molecule has 0 N–H and O–H groups in total. The van der Waals surface area contributed by atoms with Gasteiger partial charge in [-0.15, -0.1) is 0 Å². The van der Waals surface area contributed by atoms with E-state index in [1.807, 2.05) is 0 Å². The Labute approximate surface area is 130 Å². The highest BCUT2D eigenvalue weighted by Gasteiger charge is 2.19. The van der Waals surface area contributed by atoms with Gasteiger partial charge in [0.25, 0.3) is 0 Å². The van der Waals surface area contributed by atoms with Crippen LogP contribution in [0.1, 0.15) is 0 Å². The van der Waals surface area contributed by atoms with Crippen LogP contribution in [0, 0.1) is 0 Å². The zero-order valence-corrected chi connectivity index (χ0v) is 13.4. The monoisotopic (exact) mass is 358 g/mol. The van der Waals surface area contributed by atoms with Crippen molar-refractivity contribution >= 4 is 27.5 Å². The number of halogens is 2. The fraction of sp³-hybridized carbons (Fsp3) is 0.231. The van der Waals surface area contributed by atoms with Gasteiger partial charge in [-0.2, -0.15) is 0 Å². The van der Waals surface area contributed by atoms with Crippen molar-refractivity contribution in [3.8, 4) is 28.6 Å². The molecule has 20 heavy (non-hydrogen) atoms. The van der Waals surface area contributed by atoms with Gasteiger partial charge in [-0.3, -0.25) is 0 Å². The Hall–Kier alpha value is -1.53. The van der Waals surface area contributed by atoms with Gasteiger partial charge >= 0.3 is 0 Å². The highest BCUT2D eigenvalue weighted by Crippen LogP contribution is 2.43. The number of methoxy groups -OCH3 is 3. The molecule has 0 fully saturated rings. The first-order valence-corrected chi connectivity index (χ1v) is 6.76. The lowest BCUT2D eigenvalue weighted by molar-refractivity contribution is 0.325. The summed E-state index contributed by atoms with van der Waals surface area (Å²) in [5.41, 5.74) is 0.666. The molecule has 0 saturated heterocycles. The van der Waals surface area contributed by atoms with Crippen LogP contribution in [0.4, 0.5) is 0 Å². The molecule has 2 aromatic rings. The van der Waals surface area contributed by atoms with Crippen molar-refractivity contribution in [2.24, 2.45) is 0 Å². The van der Waals surface area contributed by atoms with Gasteiger partial charge in [-0.1, -0.05) is 11.6 Å². The molecule has 5 nitrogen and oxygen atoms in total. The van der Waals surface area contributed by atoms with Crippen LogP contribution in [0.3, 0.4) is 0 Å². The van der Waals surface area contributed by atoms with E-state index in [-0.39, 0.29) is 0 Å². The number of hydrogen-bond donors (Lipinski definition) is 0. The standard InChI is InChI=1S/C13H12BrClN2O3/c1-18-9-5-4-7(10(19-2)11(9)20-3)13-16-6-8(14)12(15)17-13/h4-6H,1-3H3. The van der Waals surface area contributed by atoms with E-state index in [1.165, 1.54) is 0 Å². The van der Waals surface area contributed by atoms with E-state index in [4.69, 9.17) is 25.8 Å². The van der Waals surface area contributed by atoms with Gasteiger partial charge in [-0.05, 0) is 28.1 Å². The summed E-state index contributed by atoms with van der Waals surface area (Å²) in [5.74, 6) is 1.98. The molecule has 2 rings (SSSR count). The smallest absolute Gasteiger partial charge is 0.204 e. The summed E-state index contributed by atoms with van der Waals surface area (Å²) in [4.78, 5) is 8.44. The molecule has 7 heteroatoms. The molecule has 0 amide bonds. The van der Waals surface area contributed by atoms with E-state index in [0.29, 0.717) is 38.3 Å². The molecule has 0 spiro atoms. The molecule has 0 saturated carbocycles. The molecule has 0 aliphatic rings. The third kappa shape index (κ3) is 2.66. The first-order chi connectivity index (χ1) is 9.62. The number of rotatable bonds is 4. The van der Waals surface area contributed by atoms with Crippen LogP contribution in [0.25, 0.3) is 11.4 Å². The van der Waals surface area contributed by atoms with Gasteiger partial charge in [0, 0.05) is 6.20 Å². The summed E-state index contributed by atoms with van der Waals surface area (Å²) in [6.07, 6.45) is 1.58. The number of nitrogens with zero attached hydrogens (tertiary/aromatic N) is 2. The molecule has 0 unspecified atom stereocenters. The van der Waals surface area contributed by atoms with Gasteiger partial charge < -0.3 is 14.2 Å². The van der Waals surface area contributed by atoms with Gasteiger partial charge in [0.1, 0.15) is 5.15 Å². The van der Waals surface area contributed by atoms with Gasteiger partial charge in [0.15, 0.2) is 17.3 Å². The zero-order chi connectivity index (χ0) is 14.7. The minimum absolute atomic E-state index is 0.326. The van der Waals surface area contributed by atoms with Gasteiger partial charge in [0.2, 0.25) is 5.75 Å². The molecular formula is C13H12BrClN2O3. The third-order valence-corrected chi connectivity index (χ3v) is 3.74. The quantitative estimate of drug-likeness (QED) is 0.781. The van der Waals surface area contributed by atoms with E-state index < -0.39 is 0 Å². The van der Waals surface area contributed by atoms with Crippen LogP contribution in [-0.4, -0.2) is 31.3 Å². The van der Waals surface area contributed by atoms with Crippen molar-refractivity contribution in [1.29, 1.82) is 0 Å². The van der Waals surface area contributed by atoms with E-state index >= 15 is 0 Å². The lowest BCUT2D eigenvalue weighted by Gasteiger charge is -2.15. The predicted molar refractivity (Wildman–Crippen MR) is 79.8 cm³/mol. The van der Waals surface area contributed by atoms with Crippen LogP contribution in [-0.2, 0) is 0 Å². The average molecular weight is 360 g/mol. The molecule has 0 aliphatic carbocycles. The molecule has 106 valence electrons. The molecule has 1 aromatic carbocycles. The lowest BCUT2D eigenvalue weighted by Crippen LogP contribution is -1.99. The molecule has 0 bridgehead atoms. The van der Waals surface area contributed by atoms with Gasteiger partial charge in [-0.25, -0.2) is 9.97 Å². The summed E-state index contributed by atoms with van der Waals surface area (Å²) in [5, 5.41) is 0.326. The predicted octanol–water partition coefficient (Wildman–Crippen LogP) is 3.59. The summed E-state index contributed by atoms with van der Waals surface area (Å²) in [6.45, 7) is 0. The first-order valence-electron chi connectivity index (χ1n) is 5.59. The molecule has 0 atom stereocenters. The van der Waals surface area contributed by atoms with Crippen molar-refractivity contribution < 1.29 is 14.2 Å². The largest absolute Gasteiger partial charge is 0.493 e. The highest BCUT2D eigenvalue weighted by molar-refractivity contribution is 9.10. The zero-order valence-electron chi connectivity index (χ0n) is 11.1. The Balaban J connectivity index is 2.64. The topological polar surface area (TPSA) is 53.5 Å². The molecule has 1 heterocycles. The number of benzene rings is 1. The highest BCUT2D eigenvalue weighted by atomic mass is 79.9. The molecular weight excluding hydrogens is 348 g/mol. The Bertz CT molecular complexity index is 637. The minimum atomic E-state index is 0.326. The Kier molecular flexibility index (Phi) is 4.67. The molecule has 0 aliphatic heterocycles. The third-order valence-electron chi connectivity index (χ3n) is 2.65. The van der Waals surface area contributed by atoms with Crippen LogP contribution in [0.15, 0.2) is 22.8 Å². The normalized spacial score (nSPS) is 10.2. The second-order valence-corrected chi connectivity index (χ2v) is 4.93. The maximum atomic E-state index is 6.00. The van der Waals surface area contributed by atoms with Crippen LogP contribution in [0.5, 0.6) is 17.2 Å². The summed E-state index contributed by atoms with van der Waals surface area (Å²) >= 11 is 9.25. The van der Waals surface area contributed by atoms with Crippen molar-refractivity contribution in [3.05, 3.63) is 28.0 Å². The van der Waals surface area contributed by atoms with E-state index in [9.17, 15) is 0 Å². The van der Waals surface area contributed by atoms with E-state index in [1.54, 1.807) is 39.7 Å². The van der Waals surface area contributed by atoms with Crippen molar-refractivity contribution in [2.45, 2.75) is 0 Å². The molecule has 0 radical (unpaired) electrons. The second kappa shape index (κ2) is 6.28. The fourth-order valence-corrected chi connectivity index (χ4v) is 2.07.